The van der Waals surface area contributed by atoms with Crippen molar-refractivity contribution >= 4 is 17.3 Å². The van der Waals surface area contributed by atoms with Crippen LogP contribution in [0.4, 0.5) is 0 Å². The summed E-state index contributed by atoms with van der Waals surface area (Å²) in [5, 5.41) is 4.83. The Morgan fingerprint density at radius 1 is 1.40 bits per heavy atom. The fourth-order valence-electron chi connectivity index (χ4n) is 1.55. The summed E-state index contributed by atoms with van der Waals surface area (Å²) in [5.74, 6) is 0. The number of aromatic nitrogens is 1. The van der Waals surface area contributed by atoms with E-state index in [1.807, 2.05) is 38.4 Å². The predicted octanol–water partition coefficient (Wildman–Crippen LogP) is 1.63. The molecule has 0 spiro atoms. The highest BCUT2D eigenvalue weighted by molar-refractivity contribution is 5.82. The van der Waals surface area contributed by atoms with E-state index < -0.39 is 0 Å². The van der Waals surface area contributed by atoms with Crippen molar-refractivity contribution in [3.63, 3.8) is 0 Å². The fourth-order valence-corrected chi connectivity index (χ4v) is 1.55. The molecule has 0 aliphatic heterocycles. The molecule has 0 aliphatic rings. The molecule has 0 fully saturated rings. The molecule has 0 aliphatic carbocycles. The summed E-state index contributed by atoms with van der Waals surface area (Å²) in [6.45, 7) is 0. The molecule has 1 aromatic carbocycles. The van der Waals surface area contributed by atoms with E-state index in [9.17, 15) is 4.79 Å². The molecule has 1 heterocycles. The molecule has 2 rings (SSSR count). The topological polar surface area (TPSA) is 46.3 Å². The van der Waals surface area contributed by atoms with Crippen LogP contribution in [0.15, 0.2) is 28.8 Å². The molecule has 0 N–H and O–H groups in total. The van der Waals surface area contributed by atoms with Gasteiger partial charge in [-0.25, -0.2) is 0 Å². The van der Waals surface area contributed by atoms with E-state index in [0.29, 0.717) is 11.3 Å². The van der Waals surface area contributed by atoms with Gasteiger partial charge < -0.3 is 9.32 Å². The van der Waals surface area contributed by atoms with Crippen molar-refractivity contribution < 1.29 is 9.32 Å². The Hall–Kier alpha value is -1.68. The number of likely N-dealkylation sites (N-methyl/N-ethyl adjacent to an activating group) is 1. The number of para-hydroxylation sites is 1. The Labute approximate surface area is 87.5 Å². The van der Waals surface area contributed by atoms with Crippen molar-refractivity contribution in [1.29, 1.82) is 0 Å². The van der Waals surface area contributed by atoms with E-state index in [1.54, 1.807) is 4.90 Å². The highest BCUT2D eigenvalue weighted by Crippen LogP contribution is 2.24. The van der Waals surface area contributed by atoms with Crippen molar-refractivity contribution in [3.05, 3.63) is 30.0 Å². The Morgan fingerprint density at radius 3 is 2.80 bits per heavy atom. The number of benzene rings is 1. The highest BCUT2D eigenvalue weighted by atomic mass is 16.5. The maximum absolute atomic E-state index is 11.0. The zero-order chi connectivity index (χ0) is 10.8. The zero-order valence-electron chi connectivity index (χ0n) is 8.68. The molecule has 0 saturated carbocycles. The molecule has 0 bridgehead atoms. The molecule has 0 saturated heterocycles. The lowest BCUT2D eigenvalue weighted by Gasteiger charge is -2.15. The van der Waals surface area contributed by atoms with E-state index in [-0.39, 0.29) is 6.04 Å². The van der Waals surface area contributed by atoms with Crippen LogP contribution in [0.25, 0.3) is 11.0 Å². The van der Waals surface area contributed by atoms with Crippen LogP contribution in [-0.4, -0.2) is 30.4 Å². The lowest BCUT2D eigenvalue weighted by Crippen LogP contribution is -2.21. The Bertz CT molecular complexity index is 476. The number of nitrogens with zero attached hydrogens (tertiary/aromatic N) is 2. The number of rotatable bonds is 3. The summed E-state index contributed by atoms with van der Waals surface area (Å²) in [5.41, 5.74) is 1.38. The van der Waals surface area contributed by atoms with Crippen LogP contribution in [0.1, 0.15) is 11.7 Å². The number of hydrogen-bond donors (Lipinski definition) is 0. The number of aldehydes is 1. The van der Waals surface area contributed by atoms with Crippen molar-refractivity contribution in [2.24, 2.45) is 0 Å². The monoisotopic (exact) mass is 204 g/mol. The Kier molecular flexibility index (Phi) is 2.51. The molecular formula is C11H12N2O2. The molecule has 4 heteroatoms. The zero-order valence-corrected chi connectivity index (χ0v) is 8.68. The standard InChI is InChI=1S/C11H12N2O2/c1-13(2)9(7-14)11-8-5-3-4-6-10(8)15-12-11/h3-7,9H,1-2H3. The molecule has 4 nitrogen and oxygen atoms in total. The molecule has 1 atom stereocenters. The van der Waals surface area contributed by atoms with Crippen LogP contribution in [0, 0.1) is 0 Å². The second-order valence-electron chi connectivity index (χ2n) is 3.61. The maximum Gasteiger partial charge on any atom is 0.167 e. The van der Waals surface area contributed by atoms with Gasteiger partial charge in [-0.2, -0.15) is 0 Å². The summed E-state index contributed by atoms with van der Waals surface area (Å²) in [7, 11) is 3.67. The van der Waals surface area contributed by atoms with E-state index in [2.05, 4.69) is 5.16 Å². The van der Waals surface area contributed by atoms with Gasteiger partial charge >= 0.3 is 0 Å². The molecule has 15 heavy (non-hydrogen) atoms. The van der Waals surface area contributed by atoms with Crippen molar-refractivity contribution in [1.82, 2.24) is 10.1 Å². The average molecular weight is 204 g/mol. The summed E-state index contributed by atoms with van der Waals surface area (Å²) >= 11 is 0. The lowest BCUT2D eigenvalue weighted by molar-refractivity contribution is -0.111. The minimum absolute atomic E-state index is 0.353. The molecule has 1 aromatic heterocycles. The third-order valence-electron chi connectivity index (χ3n) is 2.37. The minimum Gasteiger partial charge on any atom is -0.356 e. The molecule has 78 valence electrons. The van der Waals surface area contributed by atoms with Crippen LogP contribution in [0.2, 0.25) is 0 Å². The Balaban J connectivity index is 2.55. The average Bonchev–Trinajstić information content (AvgIpc) is 2.63. The Morgan fingerprint density at radius 2 is 2.13 bits per heavy atom. The molecule has 0 radical (unpaired) electrons. The minimum atomic E-state index is -0.353. The third kappa shape index (κ3) is 1.64. The summed E-state index contributed by atoms with van der Waals surface area (Å²) in [4.78, 5) is 12.8. The van der Waals surface area contributed by atoms with Crippen LogP contribution in [-0.2, 0) is 4.79 Å². The van der Waals surface area contributed by atoms with Gasteiger partial charge in [0.1, 0.15) is 18.0 Å². The normalized spacial score (nSPS) is 13.3. The number of fused-ring (bicyclic) bond motifs is 1. The second kappa shape index (κ2) is 3.82. The van der Waals surface area contributed by atoms with Crippen LogP contribution in [0.5, 0.6) is 0 Å². The van der Waals surface area contributed by atoms with E-state index in [4.69, 9.17) is 4.52 Å². The van der Waals surface area contributed by atoms with Gasteiger partial charge in [-0.3, -0.25) is 4.90 Å². The summed E-state index contributed by atoms with van der Waals surface area (Å²) in [6, 6.07) is 7.17. The predicted molar refractivity (Wildman–Crippen MR) is 56.5 cm³/mol. The largest absolute Gasteiger partial charge is 0.356 e. The van der Waals surface area contributed by atoms with Crippen LogP contribution < -0.4 is 0 Å². The van der Waals surface area contributed by atoms with Gasteiger partial charge in [0.15, 0.2) is 5.58 Å². The SMILES string of the molecule is CN(C)C(C=O)c1noc2ccccc12. The van der Waals surface area contributed by atoms with E-state index in [0.717, 1.165) is 11.7 Å². The van der Waals surface area contributed by atoms with Crippen molar-refractivity contribution in [2.75, 3.05) is 14.1 Å². The summed E-state index contributed by atoms with van der Waals surface area (Å²) in [6.07, 6.45) is 0.865. The molecule has 0 amide bonds. The van der Waals surface area contributed by atoms with Gasteiger partial charge in [-0.05, 0) is 26.2 Å². The first-order chi connectivity index (χ1) is 7.24. The highest BCUT2D eigenvalue weighted by Gasteiger charge is 2.19. The summed E-state index contributed by atoms with van der Waals surface area (Å²) < 4.78 is 5.15. The van der Waals surface area contributed by atoms with Gasteiger partial charge in [0, 0.05) is 5.39 Å². The lowest BCUT2D eigenvalue weighted by atomic mass is 10.1. The van der Waals surface area contributed by atoms with Gasteiger partial charge in [-0.15, -0.1) is 0 Å². The van der Waals surface area contributed by atoms with E-state index >= 15 is 0 Å². The van der Waals surface area contributed by atoms with Gasteiger partial charge in [0.05, 0.1) is 0 Å². The number of hydrogen-bond acceptors (Lipinski definition) is 4. The van der Waals surface area contributed by atoms with Gasteiger partial charge in [0.2, 0.25) is 0 Å². The van der Waals surface area contributed by atoms with Gasteiger partial charge in [0.25, 0.3) is 0 Å². The number of carbonyl (C=O) groups is 1. The third-order valence-corrected chi connectivity index (χ3v) is 2.37. The molecule has 1 unspecified atom stereocenters. The fraction of sp³-hybridized carbons (Fsp3) is 0.273. The van der Waals surface area contributed by atoms with E-state index in [1.165, 1.54) is 0 Å². The van der Waals surface area contributed by atoms with Crippen LogP contribution >= 0.6 is 0 Å². The quantitative estimate of drug-likeness (QED) is 0.713. The second-order valence-corrected chi connectivity index (χ2v) is 3.61. The first-order valence-corrected chi connectivity index (χ1v) is 4.70. The van der Waals surface area contributed by atoms with Crippen molar-refractivity contribution in [2.45, 2.75) is 6.04 Å². The van der Waals surface area contributed by atoms with Crippen molar-refractivity contribution in [3.8, 4) is 0 Å². The number of carbonyl (C=O) groups excluding carboxylic acids is 1. The molecule has 2 aromatic rings. The van der Waals surface area contributed by atoms with Crippen LogP contribution in [0.3, 0.4) is 0 Å². The smallest absolute Gasteiger partial charge is 0.167 e. The first kappa shape index (κ1) is 9.86. The first-order valence-electron chi connectivity index (χ1n) is 4.70. The maximum atomic E-state index is 11.0. The molecular weight excluding hydrogens is 192 g/mol. The van der Waals surface area contributed by atoms with Gasteiger partial charge in [-0.1, -0.05) is 17.3 Å².